The molecular weight excluding hydrogens is 252 g/mol. The van der Waals surface area contributed by atoms with Crippen molar-refractivity contribution >= 4 is 17.9 Å². The Labute approximate surface area is 118 Å². The molecule has 0 fully saturated rings. The maximum absolute atomic E-state index is 9.71. The van der Waals surface area contributed by atoms with Gasteiger partial charge in [-0.05, 0) is 0 Å². The minimum atomic E-state index is -4.89. The molecule has 0 aliphatic carbocycles. The van der Waals surface area contributed by atoms with Crippen LogP contribution in [0.5, 0.6) is 0 Å². The topological polar surface area (TPSA) is 161 Å². The molecule has 0 unspecified atom stereocenters. The number of nitrogens with two attached hydrogens (primary N) is 1. The average Bonchev–Trinajstić information content (AvgIpc) is 1.54. The van der Waals surface area contributed by atoms with Crippen LogP contribution >= 0.6 is 7.82 Å². The van der Waals surface area contributed by atoms with Gasteiger partial charge in [-0.3, -0.25) is 9.12 Å². The smallest absolute Gasteiger partial charge is 0.756 e. The first kappa shape index (κ1) is 20.1. The first-order valence-corrected chi connectivity index (χ1v) is 5.62. The zero-order valence-electron chi connectivity index (χ0n) is 6.82. The summed E-state index contributed by atoms with van der Waals surface area (Å²) in [5, 5.41) is 0. The first-order valence-electron chi connectivity index (χ1n) is 2.48. The number of hydrogen-bond acceptors (Lipinski definition) is 5. The van der Waals surface area contributed by atoms with E-state index in [1.54, 1.807) is 0 Å². The normalized spacial score (nSPS) is 10.8. The second kappa shape index (κ2) is 8.89. The quantitative estimate of drug-likeness (QED) is 0.217. The Balaban J connectivity index is -0.000000150. The van der Waals surface area contributed by atoms with Crippen molar-refractivity contribution < 1.29 is 83.6 Å². The second-order valence-electron chi connectivity index (χ2n) is 1.57. The summed E-state index contributed by atoms with van der Waals surface area (Å²) in [6.07, 6.45) is 0. The summed E-state index contributed by atoms with van der Waals surface area (Å²) in [4.78, 5) is 22.9. The van der Waals surface area contributed by atoms with E-state index < -0.39 is 17.9 Å². The molecule has 13 heavy (non-hydrogen) atoms. The molecule has 0 bridgehead atoms. The zero-order chi connectivity index (χ0) is 10.4. The summed E-state index contributed by atoms with van der Waals surface area (Å²) in [5.41, 5.74) is 4.78. The summed E-state index contributed by atoms with van der Waals surface area (Å²) in [7, 11) is -8.69. The van der Waals surface area contributed by atoms with Crippen molar-refractivity contribution in [2.45, 2.75) is 0 Å². The van der Waals surface area contributed by atoms with Crippen LogP contribution in [-0.4, -0.2) is 35.1 Å². The Kier molecular flexibility index (Phi) is 13.7. The zero-order valence-corrected chi connectivity index (χ0v) is 11.7. The maximum atomic E-state index is 9.71. The molecule has 0 amide bonds. The van der Waals surface area contributed by atoms with Crippen molar-refractivity contribution in [1.82, 2.24) is 0 Å². The largest absolute Gasteiger partial charge is 1.00 e. The fraction of sp³-hybridized carbons (Fsp3) is 1.00. The van der Waals surface area contributed by atoms with Gasteiger partial charge in [0.2, 0.25) is 0 Å². The van der Waals surface area contributed by atoms with Crippen LogP contribution in [0.4, 0.5) is 0 Å². The van der Waals surface area contributed by atoms with Crippen molar-refractivity contribution in [3.8, 4) is 0 Å². The van der Waals surface area contributed by atoms with Gasteiger partial charge in [0, 0.05) is 6.54 Å². The van der Waals surface area contributed by atoms with Gasteiger partial charge in [0.15, 0.2) is 0 Å². The van der Waals surface area contributed by atoms with Gasteiger partial charge in [-0.1, -0.05) is 0 Å². The predicted molar refractivity (Wildman–Crippen MR) is 37.5 cm³/mol. The van der Waals surface area contributed by atoms with Gasteiger partial charge in [-0.25, -0.2) is 0 Å². The summed E-state index contributed by atoms with van der Waals surface area (Å²) in [6.45, 7) is -0.0289. The molecule has 76 valence electrons. The van der Waals surface area contributed by atoms with E-state index in [1.165, 1.54) is 0 Å². The van der Waals surface area contributed by atoms with Crippen LogP contribution in [0.15, 0.2) is 0 Å². The molecule has 0 radical (unpaired) electrons. The molecule has 0 spiro atoms. The molecule has 0 atom stereocenters. The third-order valence-electron chi connectivity index (χ3n) is 0.376. The van der Waals surface area contributed by atoms with Crippen LogP contribution < -0.4 is 62.0 Å². The molecule has 0 rings (SSSR count). The van der Waals surface area contributed by atoms with Gasteiger partial charge in [-0.2, -0.15) is 8.42 Å². The van der Waals surface area contributed by atoms with E-state index in [2.05, 4.69) is 0 Å². The molecule has 8 nitrogen and oxygen atoms in total. The summed E-state index contributed by atoms with van der Waals surface area (Å²) < 4.78 is 36.1. The fourth-order valence-corrected chi connectivity index (χ4v) is 0.447. The van der Waals surface area contributed by atoms with Crippen LogP contribution in [0, 0.1) is 0 Å². The second-order valence-corrected chi connectivity index (χ2v) is 4.12. The average molecular weight is 261 g/mol. The van der Waals surface area contributed by atoms with Crippen molar-refractivity contribution in [2.75, 3.05) is 12.3 Å². The minimum absolute atomic E-state index is 0. The van der Waals surface area contributed by atoms with E-state index in [1.807, 2.05) is 0 Å². The van der Waals surface area contributed by atoms with E-state index in [0.717, 1.165) is 0 Å². The molecule has 0 aliphatic heterocycles. The first-order chi connectivity index (χ1) is 5.06. The van der Waals surface area contributed by atoms with Gasteiger partial charge >= 0.3 is 51.4 Å². The Morgan fingerprint density at radius 1 is 1.38 bits per heavy atom. The Bertz CT molecular complexity index is 237. The Morgan fingerprint density at radius 3 is 1.62 bits per heavy atom. The molecule has 5 N–H and O–H groups in total. The van der Waals surface area contributed by atoms with Gasteiger partial charge in [0.25, 0.3) is 17.9 Å². The molecule has 0 aromatic carbocycles. The van der Waals surface area contributed by atoms with Crippen LogP contribution in [-0.2, 0) is 14.7 Å². The standard InChI is InChI=1S/C2H7NO3S.K.H3O4P/c3-1-2-7(4,5)6;;1-5(2,3)4/h1-3H2,(H,4,5,6);;(H3,1,2,3,4)/q;+1;/p-1. The van der Waals surface area contributed by atoms with Crippen molar-refractivity contribution in [2.24, 2.45) is 5.73 Å². The third-order valence-corrected chi connectivity index (χ3v) is 1.13. The minimum Gasteiger partial charge on any atom is -0.756 e. The molecule has 11 heteroatoms. The Morgan fingerprint density at radius 2 is 1.62 bits per heavy atom. The molecule has 0 aromatic rings. The van der Waals surface area contributed by atoms with E-state index >= 15 is 0 Å². The van der Waals surface area contributed by atoms with Crippen LogP contribution in [0.1, 0.15) is 0 Å². The number of hydrogen-bond donors (Lipinski definition) is 4. The van der Waals surface area contributed by atoms with Gasteiger partial charge in [-0.15, -0.1) is 0 Å². The van der Waals surface area contributed by atoms with Crippen LogP contribution in [0.2, 0.25) is 0 Å². The van der Waals surface area contributed by atoms with Gasteiger partial charge in [0.1, 0.15) is 0 Å². The summed E-state index contributed by atoms with van der Waals surface area (Å²) >= 11 is 0. The van der Waals surface area contributed by atoms with Crippen molar-refractivity contribution in [3.63, 3.8) is 0 Å². The monoisotopic (exact) mass is 261 g/mol. The molecule has 0 saturated carbocycles. The number of phosphoric acid groups is 1. The van der Waals surface area contributed by atoms with Crippen LogP contribution in [0.25, 0.3) is 0 Å². The van der Waals surface area contributed by atoms with Gasteiger partial charge in [0.05, 0.1) is 5.75 Å². The summed E-state index contributed by atoms with van der Waals surface area (Å²) in [6, 6.07) is 0. The molecular formula is C2H9KNO7PS. The van der Waals surface area contributed by atoms with Crippen LogP contribution in [0.3, 0.4) is 0 Å². The SMILES string of the molecule is NCCS(=O)(=O)O.O=P([O-])(O)O.[K+]. The van der Waals surface area contributed by atoms with E-state index in [-0.39, 0.29) is 63.7 Å². The Hall–Kier alpha value is 1.62. The third kappa shape index (κ3) is 58.2. The molecule has 0 heterocycles. The van der Waals surface area contributed by atoms with Crippen molar-refractivity contribution in [3.05, 3.63) is 0 Å². The van der Waals surface area contributed by atoms with E-state index in [4.69, 9.17) is 29.5 Å². The summed E-state index contributed by atoms with van der Waals surface area (Å²) in [5.74, 6) is -0.354. The van der Waals surface area contributed by atoms with Crippen molar-refractivity contribution in [1.29, 1.82) is 0 Å². The fourth-order valence-electron chi connectivity index (χ4n) is 0.149. The number of rotatable bonds is 2. The van der Waals surface area contributed by atoms with E-state index in [0.29, 0.717) is 0 Å². The molecule has 0 saturated heterocycles. The van der Waals surface area contributed by atoms with E-state index in [9.17, 15) is 8.42 Å². The molecule has 0 aromatic heterocycles. The predicted octanol–water partition coefficient (Wildman–Crippen LogP) is -5.72. The van der Waals surface area contributed by atoms with Gasteiger partial charge < -0.3 is 20.4 Å². The molecule has 0 aliphatic rings. The maximum Gasteiger partial charge on any atom is 1.00 e.